The van der Waals surface area contributed by atoms with Crippen LogP contribution >= 0.6 is 11.3 Å². The van der Waals surface area contributed by atoms with Gasteiger partial charge in [-0.1, -0.05) is 0 Å². The van der Waals surface area contributed by atoms with Crippen molar-refractivity contribution in [3.8, 4) is 0 Å². The molecule has 2 aromatic rings. The molecule has 0 aliphatic rings. The third-order valence-corrected chi connectivity index (χ3v) is 5.06. The topological polar surface area (TPSA) is 82.7 Å². The van der Waals surface area contributed by atoms with Gasteiger partial charge in [0, 0.05) is 36.1 Å². The molecular formula is C19H30N4O2S. The number of aryl methyl sites for hydroxylation is 4. The van der Waals surface area contributed by atoms with Gasteiger partial charge in [-0.25, -0.2) is 9.98 Å². The molecule has 6 nitrogen and oxygen atoms in total. The Morgan fingerprint density at radius 1 is 1.35 bits per heavy atom. The maximum absolute atomic E-state index is 10.8. The van der Waals surface area contributed by atoms with Crippen LogP contribution in [0.25, 0.3) is 0 Å². The molecule has 0 bridgehead atoms. The van der Waals surface area contributed by atoms with E-state index < -0.39 is 5.60 Å². The van der Waals surface area contributed by atoms with E-state index >= 15 is 0 Å². The van der Waals surface area contributed by atoms with Gasteiger partial charge in [0.1, 0.15) is 17.1 Å². The van der Waals surface area contributed by atoms with E-state index in [0.717, 1.165) is 48.7 Å². The van der Waals surface area contributed by atoms with Crippen LogP contribution in [0.5, 0.6) is 0 Å². The van der Waals surface area contributed by atoms with Crippen LogP contribution in [0.15, 0.2) is 20.9 Å². The molecule has 7 heteroatoms. The molecule has 26 heavy (non-hydrogen) atoms. The second-order valence-corrected chi connectivity index (χ2v) is 7.65. The van der Waals surface area contributed by atoms with E-state index in [-0.39, 0.29) is 6.54 Å². The quantitative estimate of drug-likeness (QED) is 0.374. The number of hydrogen-bond acceptors (Lipinski definition) is 5. The van der Waals surface area contributed by atoms with Gasteiger partial charge in [-0.15, -0.1) is 11.3 Å². The van der Waals surface area contributed by atoms with Crippen LogP contribution < -0.4 is 10.6 Å². The number of guanidine groups is 1. The summed E-state index contributed by atoms with van der Waals surface area (Å²) in [5.41, 5.74) is 0.802. The highest BCUT2D eigenvalue weighted by Crippen LogP contribution is 2.27. The van der Waals surface area contributed by atoms with Crippen LogP contribution in [-0.2, 0) is 12.0 Å². The van der Waals surface area contributed by atoms with Gasteiger partial charge in [-0.2, -0.15) is 0 Å². The molecule has 0 aliphatic carbocycles. The number of thiazole rings is 1. The highest BCUT2D eigenvalue weighted by atomic mass is 32.1. The van der Waals surface area contributed by atoms with Gasteiger partial charge < -0.3 is 20.2 Å². The van der Waals surface area contributed by atoms with Crippen molar-refractivity contribution in [1.82, 2.24) is 15.6 Å². The lowest BCUT2D eigenvalue weighted by atomic mass is 9.96. The van der Waals surface area contributed by atoms with Crippen LogP contribution in [-0.4, -0.2) is 35.7 Å². The minimum Gasteiger partial charge on any atom is -0.466 e. The third kappa shape index (κ3) is 5.85. The summed E-state index contributed by atoms with van der Waals surface area (Å²) in [7, 11) is 0. The Bertz CT molecular complexity index is 734. The van der Waals surface area contributed by atoms with E-state index in [1.165, 1.54) is 5.01 Å². The largest absolute Gasteiger partial charge is 0.466 e. The number of rotatable bonds is 8. The van der Waals surface area contributed by atoms with Gasteiger partial charge in [0.25, 0.3) is 0 Å². The van der Waals surface area contributed by atoms with E-state index in [1.807, 2.05) is 33.8 Å². The van der Waals surface area contributed by atoms with Crippen LogP contribution in [0.3, 0.4) is 0 Å². The van der Waals surface area contributed by atoms with Crippen molar-refractivity contribution in [2.24, 2.45) is 4.99 Å². The van der Waals surface area contributed by atoms with Gasteiger partial charge in [-0.3, -0.25) is 0 Å². The Balaban J connectivity index is 1.89. The van der Waals surface area contributed by atoms with Crippen LogP contribution in [0.1, 0.15) is 48.1 Å². The highest BCUT2D eigenvalue weighted by molar-refractivity contribution is 7.09. The first-order valence-electron chi connectivity index (χ1n) is 9.05. The van der Waals surface area contributed by atoms with E-state index in [4.69, 9.17) is 4.42 Å². The molecule has 0 fully saturated rings. The average molecular weight is 379 g/mol. The number of aliphatic imine (C=N–C) groups is 1. The third-order valence-electron chi connectivity index (χ3n) is 4.04. The first-order valence-corrected chi connectivity index (χ1v) is 9.93. The summed E-state index contributed by atoms with van der Waals surface area (Å²) < 4.78 is 5.53. The Morgan fingerprint density at radius 3 is 2.69 bits per heavy atom. The fraction of sp³-hybridized carbons (Fsp3) is 0.579. The SMILES string of the molecule is CCNC(=NCC(C)(O)c1cc(C)oc1C)NCCCc1nc(C)cs1. The molecule has 0 spiro atoms. The lowest BCUT2D eigenvalue weighted by Crippen LogP contribution is -2.39. The Morgan fingerprint density at radius 2 is 2.12 bits per heavy atom. The summed E-state index contributed by atoms with van der Waals surface area (Å²) in [6, 6.07) is 1.88. The minimum absolute atomic E-state index is 0.258. The fourth-order valence-electron chi connectivity index (χ4n) is 2.79. The summed E-state index contributed by atoms with van der Waals surface area (Å²) in [6.07, 6.45) is 1.93. The number of nitrogens with zero attached hydrogens (tertiary/aromatic N) is 2. The molecule has 3 N–H and O–H groups in total. The Labute approximate surface area is 159 Å². The standard InChI is InChI=1S/C19H30N4O2S/c1-6-20-18(21-9-7-8-17-23-13(2)11-26-17)22-12-19(5,24)16-10-14(3)25-15(16)4/h10-11,24H,6-9,12H2,1-5H3,(H2,20,21,22). The monoisotopic (exact) mass is 378 g/mol. The van der Waals surface area contributed by atoms with E-state index in [2.05, 4.69) is 26.0 Å². The molecule has 1 atom stereocenters. The van der Waals surface area contributed by atoms with Gasteiger partial charge >= 0.3 is 0 Å². The molecule has 2 heterocycles. The molecule has 0 aliphatic heterocycles. The second kappa shape index (κ2) is 9.19. The molecule has 0 aromatic carbocycles. The van der Waals surface area contributed by atoms with Crippen molar-refractivity contribution >= 4 is 17.3 Å². The maximum atomic E-state index is 10.8. The predicted molar refractivity (Wildman–Crippen MR) is 107 cm³/mol. The van der Waals surface area contributed by atoms with Gasteiger partial charge in [0.15, 0.2) is 5.96 Å². The summed E-state index contributed by atoms with van der Waals surface area (Å²) in [5.74, 6) is 2.24. The Kier molecular flexibility index (Phi) is 7.23. The molecule has 0 saturated heterocycles. The number of hydrogen-bond donors (Lipinski definition) is 3. The van der Waals surface area contributed by atoms with Gasteiger partial charge in [0.05, 0.1) is 11.6 Å². The van der Waals surface area contributed by atoms with Gasteiger partial charge in [0.2, 0.25) is 0 Å². The van der Waals surface area contributed by atoms with E-state index in [9.17, 15) is 5.11 Å². The zero-order chi connectivity index (χ0) is 19.2. The summed E-state index contributed by atoms with van der Waals surface area (Å²) in [6.45, 7) is 11.4. The first-order chi connectivity index (χ1) is 12.3. The molecule has 144 valence electrons. The Hall–Kier alpha value is -1.86. The molecule has 2 aromatic heterocycles. The molecule has 1 unspecified atom stereocenters. The van der Waals surface area contributed by atoms with Crippen molar-refractivity contribution in [3.05, 3.63) is 39.2 Å². The maximum Gasteiger partial charge on any atom is 0.191 e. The number of furan rings is 1. The van der Waals surface area contributed by atoms with Crippen molar-refractivity contribution in [2.75, 3.05) is 19.6 Å². The van der Waals surface area contributed by atoms with Gasteiger partial charge in [-0.05, 0) is 47.1 Å². The van der Waals surface area contributed by atoms with Crippen molar-refractivity contribution in [1.29, 1.82) is 0 Å². The zero-order valence-corrected chi connectivity index (χ0v) is 17.2. The zero-order valence-electron chi connectivity index (χ0n) is 16.3. The second-order valence-electron chi connectivity index (χ2n) is 6.71. The van der Waals surface area contributed by atoms with E-state index in [1.54, 1.807) is 18.3 Å². The van der Waals surface area contributed by atoms with E-state index in [0.29, 0.717) is 5.96 Å². The summed E-state index contributed by atoms with van der Waals surface area (Å²) in [5, 5.41) is 20.6. The van der Waals surface area contributed by atoms with Crippen molar-refractivity contribution in [3.63, 3.8) is 0 Å². The minimum atomic E-state index is -1.07. The number of aromatic nitrogens is 1. The average Bonchev–Trinajstić information content (AvgIpc) is 3.14. The normalized spacial score (nSPS) is 14.3. The van der Waals surface area contributed by atoms with Crippen molar-refractivity contribution in [2.45, 2.75) is 53.1 Å². The smallest absolute Gasteiger partial charge is 0.191 e. The molecule has 0 radical (unpaired) electrons. The number of nitrogens with one attached hydrogen (secondary N) is 2. The number of aliphatic hydroxyl groups is 1. The van der Waals surface area contributed by atoms with Crippen LogP contribution in [0.4, 0.5) is 0 Å². The summed E-state index contributed by atoms with van der Waals surface area (Å²) >= 11 is 1.71. The summed E-state index contributed by atoms with van der Waals surface area (Å²) in [4.78, 5) is 9.03. The molecular weight excluding hydrogens is 348 g/mol. The molecule has 0 amide bonds. The predicted octanol–water partition coefficient (Wildman–Crippen LogP) is 3.06. The first kappa shape index (κ1) is 20.5. The fourth-order valence-corrected chi connectivity index (χ4v) is 3.61. The van der Waals surface area contributed by atoms with Crippen molar-refractivity contribution < 1.29 is 9.52 Å². The molecule has 0 saturated carbocycles. The molecule has 2 rings (SSSR count). The van der Waals surface area contributed by atoms with Crippen LogP contribution in [0.2, 0.25) is 0 Å². The highest BCUT2D eigenvalue weighted by Gasteiger charge is 2.27. The van der Waals surface area contributed by atoms with Crippen LogP contribution in [0, 0.1) is 20.8 Å². The lowest BCUT2D eigenvalue weighted by molar-refractivity contribution is 0.0657. The lowest BCUT2D eigenvalue weighted by Gasteiger charge is -2.21.